The molecule has 19 atom stereocenters. The molecule has 3 saturated carbocycles. The van der Waals surface area contributed by atoms with E-state index in [1.807, 2.05) is 55.5 Å². The average Bonchev–Trinajstić information content (AvgIpc) is 1.46. The number of carbonyl (C=O) groups is 9. The lowest BCUT2D eigenvalue weighted by molar-refractivity contribution is -0.234. The van der Waals surface area contributed by atoms with Crippen LogP contribution in [0.25, 0.3) is 0 Å². The van der Waals surface area contributed by atoms with E-state index in [1.54, 1.807) is 25.7 Å². The Morgan fingerprint density at radius 2 is 1.41 bits per heavy atom. The Bertz CT molecular complexity index is 4490. The number of rotatable bonds is 44. The van der Waals surface area contributed by atoms with Gasteiger partial charge in [0.1, 0.15) is 79.5 Å². The Kier molecular flexibility index (Phi) is 34.8. The van der Waals surface area contributed by atoms with E-state index in [2.05, 4.69) is 54.2 Å². The van der Waals surface area contributed by atoms with Gasteiger partial charge in [-0.1, -0.05) is 95.2 Å². The number of unbranched alkanes of at least 4 members (excludes halogenated alkanes) is 1. The Morgan fingerprint density at radius 1 is 0.722 bits per heavy atom. The summed E-state index contributed by atoms with van der Waals surface area (Å²) >= 11 is 0. The molecule has 2 unspecified atom stereocenters. The fourth-order valence-corrected chi connectivity index (χ4v) is 18.6. The second-order valence-corrected chi connectivity index (χ2v) is 34.2. The summed E-state index contributed by atoms with van der Waals surface area (Å²) in [7, 11) is 0. The van der Waals surface area contributed by atoms with Crippen molar-refractivity contribution in [3.63, 3.8) is 0 Å². The van der Waals surface area contributed by atoms with Gasteiger partial charge in [0.05, 0.1) is 83.9 Å². The number of nitrogens with one attached hydrogen (secondary N) is 8. The number of aliphatic hydroxyl groups is 5. The molecule has 688 valence electrons. The summed E-state index contributed by atoms with van der Waals surface area (Å²) in [5.74, 6) is -0.307. The number of amides is 7. The van der Waals surface area contributed by atoms with Gasteiger partial charge in [0.25, 0.3) is 0 Å². The van der Waals surface area contributed by atoms with Gasteiger partial charge < -0.3 is 110 Å². The van der Waals surface area contributed by atoms with Gasteiger partial charge in [-0.15, -0.1) is 0 Å². The highest BCUT2D eigenvalue weighted by atomic mass is 19.1. The first-order chi connectivity index (χ1) is 60.5. The van der Waals surface area contributed by atoms with Crippen LogP contribution in [0.15, 0.2) is 113 Å². The second kappa shape index (κ2) is 45.0. The molecule has 0 bridgehead atoms. The van der Waals surface area contributed by atoms with Crippen LogP contribution in [-0.2, 0) is 87.6 Å². The van der Waals surface area contributed by atoms with Crippen LogP contribution in [-0.4, -0.2) is 255 Å². The highest BCUT2D eigenvalue weighted by Gasteiger charge is 2.80. The molecule has 3 heterocycles. The predicted molar refractivity (Wildman–Crippen MR) is 452 cm³/mol. The van der Waals surface area contributed by atoms with Gasteiger partial charge in [-0.25, -0.2) is 14.3 Å². The molecule has 33 nitrogen and oxygen atoms in total. The van der Waals surface area contributed by atoms with Crippen LogP contribution in [0, 0.1) is 46.0 Å². The van der Waals surface area contributed by atoms with E-state index >= 15 is 8.78 Å². The molecule has 0 aromatic heterocycles. The third-order valence-corrected chi connectivity index (χ3v) is 25.4. The fraction of sp³-hybridized carbons (Fsp3) is 0.615. The van der Waals surface area contributed by atoms with Crippen molar-refractivity contribution < 1.29 is 120 Å². The van der Waals surface area contributed by atoms with E-state index in [4.69, 9.17) is 48.2 Å². The lowest BCUT2D eigenvalue weighted by atomic mass is 9.44. The van der Waals surface area contributed by atoms with Crippen LogP contribution in [0.1, 0.15) is 161 Å². The number of ketones is 2. The number of alkyl halides is 2. The maximum Gasteiger partial charge on any atom is 0.246 e. The van der Waals surface area contributed by atoms with Crippen LogP contribution in [0.3, 0.4) is 0 Å². The monoisotopic (exact) mass is 1760 g/mol. The second-order valence-electron chi connectivity index (χ2n) is 34.2. The molecule has 13 N–H and O–H groups in total. The van der Waals surface area contributed by atoms with Crippen molar-refractivity contribution in [2.45, 2.75) is 242 Å². The topological polar surface area (TPSA) is 462 Å². The van der Waals surface area contributed by atoms with E-state index in [1.165, 1.54) is 50.3 Å². The maximum atomic E-state index is 18.1. The number of carbonyl (C=O) groups excluding carboxylic acids is 9. The van der Waals surface area contributed by atoms with Crippen molar-refractivity contribution >= 4 is 64.3 Å². The highest BCUT2D eigenvalue weighted by molar-refractivity contribution is 6.02. The summed E-state index contributed by atoms with van der Waals surface area (Å²) in [5.41, 5.74) is 5.05. The number of anilines is 2. The van der Waals surface area contributed by atoms with E-state index in [-0.39, 0.29) is 152 Å². The van der Waals surface area contributed by atoms with Crippen molar-refractivity contribution in [2.75, 3.05) is 96.0 Å². The standard InChI is InChI=1S/C91H122F2N10O23/c1-7-17-78-125-73-48-62-63-47-65(92)64-46-60(105)33-35-88(64,5)90(63,93)71(106)49-89(62,6)91(73,126-78)72(107)52-122-61-29-27-59(28-30-61)98-84(115)55(4)97-86(117)79(54(2)3)101-85(116)67(22-15-16-36-95-76(110)53-123-69-24-10-8-9-21-66(80(69)102-94)100-87-83(114)82(113)81(112)70(51-104)124-87)99-75(109)34-38-118-40-42-120-44-45-121-43-41-119-39-37-96-74(108)31-32-77(111)103-50-58-20-12-11-18-56(58)25-26-57-19-13-14-23-68(57)103/h11-14,18-20,23,27-30,33,35,46,54-55,62-63,65,67,69-71,73,78-79,81-83,87,94,100,104,106,112-114H,7-10,15-17,21-22,24,31-32,34,36-45,47-53H2,1-6H3,(H,95,110)(H,96,108)(H,97,117)(H,98,115)(H,99,109)(H,101,116)/b80-66-,102-94?/t55-,62-,63-,65-,67+,69?,70+,71-,73+,78?,79-,81-,82-,83+,87+,88-,89-,90-,91+/m0/s1. The number of nitrogens with zero attached hydrogens (tertiary/aromatic N) is 2. The van der Waals surface area contributed by atoms with Crippen LogP contribution < -0.4 is 46.9 Å². The molecular weight excluding hydrogens is 1640 g/mol. The van der Waals surface area contributed by atoms with Gasteiger partial charge in [0, 0.05) is 71.6 Å². The first kappa shape index (κ1) is 97.2. The first-order valence-electron chi connectivity index (χ1n) is 43.9. The molecule has 3 aliphatic heterocycles. The van der Waals surface area contributed by atoms with Gasteiger partial charge in [0.2, 0.25) is 47.1 Å². The van der Waals surface area contributed by atoms with Gasteiger partial charge in [-0.05, 0) is 156 Å². The zero-order chi connectivity index (χ0) is 90.5. The minimum atomic E-state index is -2.39. The zero-order valence-corrected chi connectivity index (χ0v) is 72.3. The fourth-order valence-electron chi connectivity index (χ4n) is 18.6. The molecule has 8 aliphatic rings. The number of allylic oxidation sites excluding steroid dienone is 5. The number of benzene rings is 3. The van der Waals surface area contributed by atoms with Crippen molar-refractivity contribution in [2.24, 2.45) is 33.7 Å². The number of aliphatic hydroxyl groups excluding tert-OH is 5. The van der Waals surface area contributed by atoms with E-state index in [0.717, 1.165) is 29.2 Å². The van der Waals surface area contributed by atoms with Gasteiger partial charge in [-0.2, -0.15) is 5.11 Å². The number of ether oxygens (including phenoxy) is 9. The van der Waals surface area contributed by atoms with Crippen molar-refractivity contribution in [1.29, 1.82) is 5.53 Å². The van der Waals surface area contributed by atoms with E-state index in [0.29, 0.717) is 62.9 Å². The average molecular weight is 1760 g/mol. The number of hydrogen-bond acceptors (Lipinski definition) is 26. The summed E-state index contributed by atoms with van der Waals surface area (Å²) < 4.78 is 87.9. The Hall–Kier alpha value is -9.39. The van der Waals surface area contributed by atoms with Crippen LogP contribution in [0.2, 0.25) is 0 Å². The van der Waals surface area contributed by atoms with Crippen LogP contribution >= 0.6 is 0 Å². The van der Waals surface area contributed by atoms with E-state index in [9.17, 15) is 68.7 Å². The summed E-state index contributed by atoms with van der Waals surface area (Å²) in [6, 6.07) is 17.6. The van der Waals surface area contributed by atoms with Crippen LogP contribution in [0.4, 0.5) is 20.2 Å². The van der Waals surface area contributed by atoms with Gasteiger partial charge in [-0.3, -0.25) is 43.2 Å². The van der Waals surface area contributed by atoms with Crippen LogP contribution in [0.5, 0.6) is 5.75 Å². The SMILES string of the molecule is CCCC1O[C@@H]2C[C@H]3[C@@H]4C[C@H](F)C5=CC(=O)C=C[C@]5(C)[C@@]4(F)[C@@H](O)C[C@]3(C)[C@]2(C(=O)COc2ccc(NC(=O)[C@H](C)NC(=O)[C@@H](NC(=O)[C@@H](CCCCNC(=O)COC3CCCCC/C(N[C@@H]4O[C@H](CO)[C@H](O)[C@H](O)[C@H]4O)=C\3N=N)NC(=O)CCOCCOCCOCCOCCNC(=O)CCC(=O)N3Cc4ccccc4C#Cc4ccccc43)C(C)C)cc2)O1. The summed E-state index contributed by atoms with van der Waals surface area (Å²) in [5, 5.41) is 76.6. The maximum absolute atomic E-state index is 18.1. The third-order valence-electron chi connectivity index (χ3n) is 25.4. The largest absolute Gasteiger partial charge is 0.486 e. The molecule has 5 aliphatic carbocycles. The Balaban J connectivity index is 0.623. The summed E-state index contributed by atoms with van der Waals surface area (Å²) in [4.78, 5) is 125. The number of halogens is 2. The quantitative estimate of drug-likeness (QED) is 0.0189. The molecule has 5 fully saturated rings. The van der Waals surface area contributed by atoms with Gasteiger partial charge >= 0.3 is 0 Å². The Morgan fingerprint density at radius 3 is 2.13 bits per heavy atom. The molecule has 2 saturated heterocycles. The molecule has 3 aromatic rings. The lowest BCUT2D eigenvalue weighted by Crippen LogP contribution is -2.71. The van der Waals surface area contributed by atoms with Crippen molar-refractivity contribution in [3.05, 3.63) is 125 Å². The highest BCUT2D eigenvalue weighted by Crippen LogP contribution is 2.72. The number of hydrogen-bond donors (Lipinski definition) is 13. The van der Waals surface area contributed by atoms with Crippen molar-refractivity contribution in [1.82, 2.24) is 31.9 Å². The van der Waals surface area contributed by atoms with E-state index < -0.39 is 180 Å². The molecular formula is C91H122F2N10O23. The summed E-state index contributed by atoms with van der Waals surface area (Å²) in [6.07, 6.45) is -5.53. The number of para-hydroxylation sites is 1. The van der Waals surface area contributed by atoms with Crippen molar-refractivity contribution in [3.8, 4) is 17.6 Å². The molecule has 11 rings (SSSR count). The summed E-state index contributed by atoms with van der Waals surface area (Å²) in [6.45, 7) is 10.5. The molecule has 0 radical (unpaired) electrons. The minimum Gasteiger partial charge on any atom is -0.486 e. The molecule has 35 heteroatoms. The smallest absolute Gasteiger partial charge is 0.246 e. The zero-order valence-electron chi connectivity index (χ0n) is 72.3. The first-order valence-corrected chi connectivity index (χ1v) is 43.9. The normalized spacial score (nSPS) is 29.0. The third kappa shape index (κ3) is 23.0. The predicted octanol–water partition coefficient (Wildman–Crippen LogP) is 5.48. The number of fused-ring (bicyclic) bond motifs is 9. The van der Waals surface area contributed by atoms with Gasteiger partial charge in [0.15, 0.2) is 29.6 Å². The minimum absolute atomic E-state index is 0.000504. The Labute approximate surface area is 732 Å². The molecule has 3 aromatic carbocycles. The molecule has 7 amide bonds. The lowest BCUT2D eigenvalue weighted by Gasteiger charge is -2.63. The molecule has 126 heavy (non-hydrogen) atoms. The number of Topliss-reactive ketones (excluding diaryl/α,β-unsaturated/α-hetero) is 1. The molecule has 0 spiro atoms.